The summed E-state index contributed by atoms with van der Waals surface area (Å²) in [5.41, 5.74) is 1.09. The molecule has 6 nitrogen and oxygen atoms in total. The summed E-state index contributed by atoms with van der Waals surface area (Å²) in [7, 11) is 1.89. The first-order chi connectivity index (χ1) is 11.6. The topological polar surface area (TPSA) is 71.2 Å². The van der Waals surface area contributed by atoms with E-state index >= 15 is 0 Å². The SMILES string of the molecule is Cn1ccnc1[C@@H](O)C1CCN(C(=O)CCc2cccnc2)CC1. The first-order valence-electron chi connectivity index (χ1n) is 8.47. The van der Waals surface area contributed by atoms with Crippen LogP contribution in [0.2, 0.25) is 0 Å². The Bertz CT molecular complexity index is 663. The lowest BCUT2D eigenvalue weighted by atomic mass is 9.90. The predicted octanol–water partition coefficient (Wildman–Crippen LogP) is 1.72. The molecule has 1 saturated heterocycles. The van der Waals surface area contributed by atoms with E-state index in [0.29, 0.717) is 25.3 Å². The highest BCUT2D eigenvalue weighted by molar-refractivity contribution is 5.76. The van der Waals surface area contributed by atoms with Gasteiger partial charge in [0.2, 0.25) is 5.91 Å². The van der Waals surface area contributed by atoms with Crippen LogP contribution in [0.15, 0.2) is 36.9 Å². The van der Waals surface area contributed by atoms with Crippen LogP contribution in [0, 0.1) is 5.92 Å². The van der Waals surface area contributed by atoms with Gasteiger partial charge in [0.05, 0.1) is 0 Å². The van der Waals surface area contributed by atoms with Crippen LogP contribution >= 0.6 is 0 Å². The Balaban J connectivity index is 1.48. The molecule has 1 amide bonds. The number of pyridine rings is 1. The fourth-order valence-corrected chi connectivity index (χ4v) is 3.29. The number of likely N-dealkylation sites (tertiary alicyclic amines) is 1. The molecule has 1 atom stereocenters. The normalized spacial score (nSPS) is 17.0. The Morgan fingerprint density at radius 1 is 1.38 bits per heavy atom. The molecule has 0 radical (unpaired) electrons. The Kier molecular flexibility index (Phi) is 5.25. The molecule has 0 aliphatic carbocycles. The molecule has 0 spiro atoms. The molecule has 2 aromatic rings. The van der Waals surface area contributed by atoms with Crippen LogP contribution in [-0.2, 0) is 18.3 Å². The number of carbonyl (C=O) groups excluding carboxylic acids is 1. The number of aryl methyl sites for hydroxylation is 2. The highest BCUT2D eigenvalue weighted by atomic mass is 16.3. The zero-order valence-corrected chi connectivity index (χ0v) is 14.0. The van der Waals surface area contributed by atoms with E-state index in [1.165, 1.54) is 0 Å². The van der Waals surface area contributed by atoms with Gasteiger partial charge in [0.25, 0.3) is 0 Å². The summed E-state index contributed by atoms with van der Waals surface area (Å²) in [4.78, 5) is 22.6. The van der Waals surface area contributed by atoms with Gasteiger partial charge in [0.15, 0.2) is 0 Å². The van der Waals surface area contributed by atoms with Gasteiger partial charge in [0, 0.05) is 51.3 Å². The second-order valence-corrected chi connectivity index (χ2v) is 6.42. The number of amides is 1. The fourth-order valence-electron chi connectivity index (χ4n) is 3.29. The number of nitrogens with zero attached hydrogens (tertiary/aromatic N) is 4. The largest absolute Gasteiger partial charge is 0.385 e. The third kappa shape index (κ3) is 3.82. The van der Waals surface area contributed by atoms with Crippen molar-refractivity contribution in [3.63, 3.8) is 0 Å². The average molecular weight is 328 g/mol. The van der Waals surface area contributed by atoms with Gasteiger partial charge in [-0.2, -0.15) is 0 Å². The lowest BCUT2D eigenvalue weighted by Crippen LogP contribution is -2.40. The number of rotatable bonds is 5. The quantitative estimate of drug-likeness (QED) is 0.907. The van der Waals surface area contributed by atoms with Crippen LogP contribution in [0.5, 0.6) is 0 Å². The Morgan fingerprint density at radius 2 is 2.17 bits per heavy atom. The van der Waals surface area contributed by atoms with Gasteiger partial charge in [-0.1, -0.05) is 6.07 Å². The number of piperidine rings is 1. The van der Waals surface area contributed by atoms with E-state index < -0.39 is 6.10 Å². The first-order valence-corrected chi connectivity index (χ1v) is 8.47. The molecule has 1 aliphatic rings. The lowest BCUT2D eigenvalue weighted by molar-refractivity contribution is -0.133. The van der Waals surface area contributed by atoms with E-state index in [2.05, 4.69) is 9.97 Å². The summed E-state index contributed by atoms with van der Waals surface area (Å²) in [5, 5.41) is 10.5. The van der Waals surface area contributed by atoms with E-state index in [4.69, 9.17) is 0 Å². The second-order valence-electron chi connectivity index (χ2n) is 6.42. The summed E-state index contributed by atoms with van der Waals surface area (Å²) < 4.78 is 1.86. The summed E-state index contributed by atoms with van der Waals surface area (Å²) in [5.74, 6) is 1.05. The number of aromatic nitrogens is 3. The third-order valence-electron chi connectivity index (χ3n) is 4.81. The molecule has 2 aromatic heterocycles. The molecule has 128 valence electrons. The van der Waals surface area contributed by atoms with E-state index in [1.54, 1.807) is 12.4 Å². The van der Waals surface area contributed by atoms with Gasteiger partial charge < -0.3 is 14.6 Å². The van der Waals surface area contributed by atoms with Gasteiger partial charge in [0.1, 0.15) is 11.9 Å². The van der Waals surface area contributed by atoms with Crippen LogP contribution in [0.25, 0.3) is 0 Å². The maximum atomic E-state index is 12.4. The molecule has 1 fully saturated rings. The van der Waals surface area contributed by atoms with Crippen LogP contribution in [-0.4, -0.2) is 43.5 Å². The summed E-state index contributed by atoms with van der Waals surface area (Å²) in [6.07, 6.45) is 9.40. The molecule has 0 unspecified atom stereocenters. The number of carbonyl (C=O) groups is 1. The van der Waals surface area contributed by atoms with Crippen molar-refractivity contribution in [2.75, 3.05) is 13.1 Å². The molecular weight excluding hydrogens is 304 g/mol. The first kappa shape index (κ1) is 16.6. The van der Waals surface area contributed by atoms with Crippen molar-refractivity contribution in [3.8, 4) is 0 Å². The van der Waals surface area contributed by atoms with E-state index in [1.807, 2.05) is 41.0 Å². The van der Waals surface area contributed by atoms with Crippen molar-refractivity contribution < 1.29 is 9.90 Å². The van der Waals surface area contributed by atoms with Gasteiger partial charge in [-0.05, 0) is 36.8 Å². The zero-order chi connectivity index (χ0) is 16.9. The molecule has 1 aliphatic heterocycles. The average Bonchev–Trinajstić information content (AvgIpc) is 3.06. The molecule has 0 saturated carbocycles. The van der Waals surface area contributed by atoms with E-state index in [-0.39, 0.29) is 11.8 Å². The van der Waals surface area contributed by atoms with Crippen molar-refractivity contribution in [3.05, 3.63) is 48.3 Å². The van der Waals surface area contributed by atoms with Gasteiger partial charge in [-0.25, -0.2) is 4.98 Å². The van der Waals surface area contributed by atoms with Crippen molar-refractivity contribution in [1.82, 2.24) is 19.4 Å². The molecule has 6 heteroatoms. The molecule has 3 rings (SSSR count). The van der Waals surface area contributed by atoms with Gasteiger partial charge >= 0.3 is 0 Å². The van der Waals surface area contributed by atoms with Crippen molar-refractivity contribution in [1.29, 1.82) is 0 Å². The summed E-state index contributed by atoms with van der Waals surface area (Å²) >= 11 is 0. The van der Waals surface area contributed by atoms with Gasteiger partial charge in [-0.3, -0.25) is 9.78 Å². The Labute approximate surface area is 142 Å². The summed E-state index contributed by atoms with van der Waals surface area (Å²) in [6, 6.07) is 3.89. The lowest BCUT2D eigenvalue weighted by Gasteiger charge is -2.34. The monoisotopic (exact) mass is 328 g/mol. The zero-order valence-electron chi connectivity index (χ0n) is 14.0. The molecule has 1 N–H and O–H groups in total. The van der Waals surface area contributed by atoms with E-state index in [9.17, 15) is 9.90 Å². The fraction of sp³-hybridized carbons (Fsp3) is 0.500. The van der Waals surface area contributed by atoms with Crippen molar-refractivity contribution in [2.24, 2.45) is 13.0 Å². The molecular formula is C18H24N4O2. The minimum absolute atomic E-state index is 0.161. The maximum Gasteiger partial charge on any atom is 0.222 e. The molecule has 0 bridgehead atoms. The Morgan fingerprint density at radius 3 is 2.79 bits per heavy atom. The number of aliphatic hydroxyl groups excluding tert-OH is 1. The number of aliphatic hydroxyl groups is 1. The smallest absolute Gasteiger partial charge is 0.222 e. The third-order valence-corrected chi connectivity index (χ3v) is 4.81. The standard InChI is InChI=1S/C18H24N4O2/c1-21-12-9-20-18(21)17(24)15-6-10-22(11-7-15)16(23)5-4-14-3-2-8-19-13-14/h2-3,8-9,12-13,15,17,24H,4-7,10-11H2,1H3/t17-/m0/s1. The number of hydrogen-bond donors (Lipinski definition) is 1. The molecule has 0 aromatic carbocycles. The van der Waals surface area contributed by atoms with Crippen LogP contribution in [0.3, 0.4) is 0 Å². The molecule has 3 heterocycles. The predicted molar refractivity (Wildman–Crippen MR) is 90.0 cm³/mol. The Hall–Kier alpha value is -2.21. The molecule has 24 heavy (non-hydrogen) atoms. The van der Waals surface area contributed by atoms with E-state index in [0.717, 1.165) is 24.8 Å². The minimum Gasteiger partial charge on any atom is -0.385 e. The van der Waals surface area contributed by atoms with Crippen LogP contribution < -0.4 is 0 Å². The number of imidazole rings is 1. The maximum absolute atomic E-state index is 12.4. The van der Waals surface area contributed by atoms with Crippen LogP contribution in [0.1, 0.15) is 36.8 Å². The van der Waals surface area contributed by atoms with Crippen LogP contribution in [0.4, 0.5) is 0 Å². The summed E-state index contributed by atoms with van der Waals surface area (Å²) in [6.45, 7) is 1.41. The second kappa shape index (κ2) is 7.57. The van der Waals surface area contributed by atoms with Crippen molar-refractivity contribution in [2.45, 2.75) is 31.8 Å². The van der Waals surface area contributed by atoms with Gasteiger partial charge in [-0.15, -0.1) is 0 Å². The minimum atomic E-state index is -0.558. The van der Waals surface area contributed by atoms with Crippen molar-refractivity contribution >= 4 is 5.91 Å². The highest BCUT2D eigenvalue weighted by Crippen LogP contribution is 2.29. The number of hydrogen-bond acceptors (Lipinski definition) is 4. The highest BCUT2D eigenvalue weighted by Gasteiger charge is 2.29.